The Labute approximate surface area is 170 Å². The van der Waals surface area contributed by atoms with E-state index in [0.29, 0.717) is 11.9 Å². The maximum absolute atomic E-state index is 11.2. The maximum Gasteiger partial charge on any atom is 2.00 e. The number of amides is 1. The Morgan fingerprint density at radius 3 is 2.25 bits per heavy atom. The van der Waals surface area contributed by atoms with Crippen molar-refractivity contribution in [1.82, 2.24) is 10.2 Å². The summed E-state index contributed by atoms with van der Waals surface area (Å²) in [6.07, 6.45) is 0.568. The zero-order valence-electron chi connectivity index (χ0n) is 14.5. The van der Waals surface area contributed by atoms with Crippen LogP contribution in [-0.4, -0.2) is 23.0 Å². The number of carbonyl (C=O) groups is 2. The summed E-state index contributed by atoms with van der Waals surface area (Å²) >= 11 is 0. The fourth-order valence-electron chi connectivity index (χ4n) is 2.33. The Balaban J connectivity index is 0.000000271. The molecule has 10 nitrogen and oxygen atoms in total. The Morgan fingerprint density at radius 1 is 1.07 bits per heavy atom. The second-order valence-corrected chi connectivity index (χ2v) is 5.24. The van der Waals surface area contributed by atoms with Crippen molar-refractivity contribution in [3.63, 3.8) is 0 Å². The number of anilines is 2. The Bertz CT molecular complexity index is 1170. The first-order valence-electron chi connectivity index (χ1n) is 7.41. The summed E-state index contributed by atoms with van der Waals surface area (Å²) in [7, 11) is 0. The Kier molecular flexibility index (Phi) is 7.52. The van der Waals surface area contributed by atoms with E-state index >= 15 is 0 Å². The molecule has 3 aromatic rings. The van der Waals surface area contributed by atoms with Gasteiger partial charge in [0.25, 0.3) is 0 Å². The van der Waals surface area contributed by atoms with Gasteiger partial charge >= 0.3 is 19.5 Å². The third-order valence-electron chi connectivity index (χ3n) is 3.53. The predicted octanol–water partition coefficient (Wildman–Crippen LogP) is 0.719. The molecule has 0 fully saturated rings. The second kappa shape index (κ2) is 9.38. The van der Waals surface area contributed by atoms with Gasteiger partial charge < -0.3 is 42.4 Å². The van der Waals surface area contributed by atoms with Crippen LogP contribution in [0.25, 0.3) is 16.5 Å². The molecular formula is C17H14N6O4Zn. The number of aromatic amines is 1. The molecular weight excluding hydrogens is 418 g/mol. The molecule has 1 aromatic heterocycles. The molecule has 0 saturated heterocycles. The van der Waals surface area contributed by atoms with Crippen LogP contribution in [0.15, 0.2) is 46.0 Å². The van der Waals surface area contributed by atoms with Gasteiger partial charge in [-0.1, -0.05) is 24.3 Å². The van der Waals surface area contributed by atoms with E-state index in [4.69, 9.17) is 22.6 Å². The summed E-state index contributed by atoms with van der Waals surface area (Å²) in [5, 5.41) is 12.6. The Morgan fingerprint density at radius 2 is 1.68 bits per heavy atom. The molecule has 0 aliphatic heterocycles. The SMILES string of the molecule is N=CC(=O)c1c(N)cccc1C([NH-])=O.Nc1cccc2c(=O)[n-][nH]c(=O)c12.[Zn+2]. The molecule has 3 rings (SSSR count). The van der Waals surface area contributed by atoms with Gasteiger partial charge in [-0.15, -0.1) is 0 Å². The van der Waals surface area contributed by atoms with Gasteiger partial charge in [-0.05, 0) is 12.1 Å². The molecule has 11 heteroatoms. The number of carbonyl (C=O) groups excluding carboxylic acids is 2. The molecule has 0 aliphatic carbocycles. The second-order valence-electron chi connectivity index (χ2n) is 5.24. The molecule has 138 valence electrons. The number of H-pyrrole nitrogens is 1. The van der Waals surface area contributed by atoms with Crippen LogP contribution in [-0.2, 0) is 19.5 Å². The Hall–Kier alpha value is -3.59. The van der Waals surface area contributed by atoms with Crippen LogP contribution in [0.2, 0.25) is 0 Å². The summed E-state index contributed by atoms with van der Waals surface area (Å²) < 4.78 is 0. The third-order valence-corrected chi connectivity index (χ3v) is 3.53. The van der Waals surface area contributed by atoms with Crippen molar-refractivity contribution in [1.29, 1.82) is 5.41 Å². The fraction of sp³-hybridized carbons (Fsp3) is 0. The maximum atomic E-state index is 11.2. The topological polar surface area (TPSA) is 198 Å². The number of aromatic nitrogens is 2. The number of hydrogen-bond donors (Lipinski definition) is 4. The third kappa shape index (κ3) is 4.57. The minimum Gasteiger partial charge on any atom is -0.664 e. The molecule has 1 heterocycles. The molecule has 0 saturated carbocycles. The van der Waals surface area contributed by atoms with Gasteiger partial charge in [-0.2, -0.15) is 0 Å². The van der Waals surface area contributed by atoms with Gasteiger partial charge in [0.2, 0.25) is 11.3 Å². The number of nitrogens with zero attached hydrogens (tertiary/aromatic N) is 1. The molecule has 28 heavy (non-hydrogen) atoms. The van der Waals surface area contributed by atoms with Crippen LogP contribution in [0.5, 0.6) is 0 Å². The van der Waals surface area contributed by atoms with E-state index in [1.807, 2.05) is 0 Å². The molecule has 7 N–H and O–H groups in total. The van der Waals surface area contributed by atoms with Crippen LogP contribution in [0.1, 0.15) is 20.7 Å². The monoisotopic (exact) mass is 430 g/mol. The van der Waals surface area contributed by atoms with E-state index in [2.05, 4.69) is 10.2 Å². The predicted molar refractivity (Wildman–Crippen MR) is 101 cm³/mol. The molecule has 0 unspecified atom stereocenters. The van der Waals surface area contributed by atoms with Crippen molar-refractivity contribution >= 4 is 40.1 Å². The van der Waals surface area contributed by atoms with Crippen LogP contribution < -0.4 is 27.7 Å². The molecule has 0 atom stereocenters. The van der Waals surface area contributed by atoms with E-state index in [-0.39, 0.29) is 47.1 Å². The molecule has 0 radical (unpaired) electrons. The quantitative estimate of drug-likeness (QED) is 0.202. The van der Waals surface area contributed by atoms with Crippen LogP contribution >= 0.6 is 0 Å². The smallest absolute Gasteiger partial charge is 0.664 e. The number of nitrogens with two attached hydrogens (primary N) is 2. The number of nitrogen functional groups attached to an aromatic ring is 2. The number of fused-ring (bicyclic) bond motifs is 1. The van der Waals surface area contributed by atoms with Crippen molar-refractivity contribution in [2.24, 2.45) is 0 Å². The van der Waals surface area contributed by atoms with Crippen molar-refractivity contribution in [2.45, 2.75) is 0 Å². The van der Waals surface area contributed by atoms with Gasteiger partial charge in [-0.3, -0.25) is 9.59 Å². The molecule has 2 aromatic carbocycles. The summed E-state index contributed by atoms with van der Waals surface area (Å²) in [6.45, 7) is 0. The number of Topliss-reactive ketones (excluding diaryl/α,β-unsaturated/α-hetero) is 1. The standard InChI is InChI=1S/C9H9N3O2.C8H7N3O2.Zn/c10-4-7(13)8-5(9(12)14)2-1-3-6(8)11;9-5-3-1-2-4-6(5)8(13)11-10-7(4)12;/h1-4,10H,(H4,11,12,13,14);1-3H,(H4,9,10,11,12,13);/q;;+2/p-2. The van der Waals surface area contributed by atoms with Crippen molar-refractivity contribution in [3.05, 3.63) is 74.0 Å². The average Bonchev–Trinajstić information content (AvgIpc) is 2.64. The zero-order valence-corrected chi connectivity index (χ0v) is 17.5. The van der Waals surface area contributed by atoms with Gasteiger partial charge in [-0.25, -0.2) is 0 Å². The number of benzene rings is 2. The van der Waals surface area contributed by atoms with E-state index in [0.717, 1.165) is 0 Å². The number of hydrogen-bond acceptors (Lipinski definition) is 7. The van der Waals surface area contributed by atoms with E-state index < -0.39 is 22.8 Å². The summed E-state index contributed by atoms with van der Waals surface area (Å²) in [4.78, 5) is 44.4. The minimum atomic E-state index is -0.984. The first kappa shape index (κ1) is 22.5. The van der Waals surface area contributed by atoms with Crippen molar-refractivity contribution < 1.29 is 29.1 Å². The van der Waals surface area contributed by atoms with Crippen LogP contribution in [0.3, 0.4) is 0 Å². The van der Waals surface area contributed by atoms with Gasteiger partial charge in [0.15, 0.2) is 0 Å². The normalized spacial score (nSPS) is 9.57. The van der Waals surface area contributed by atoms with Crippen LogP contribution in [0.4, 0.5) is 11.4 Å². The van der Waals surface area contributed by atoms with Gasteiger partial charge in [0.05, 0.1) is 28.6 Å². The van der Waals surface area contributed by atoms with Gasteiger partial charge in [0.1, 0.15) is 0 Å². The molecule has 0 spiro atoms. The van der Waals surface area contributed by atoms with E-state index in [1.165, 1.54) is 24.3 Å². The number of nitrogens with one attached hydrogen (secondary N) is 3. The summed E-state index contributed by atoms with van der Waals surface area (Å²) in [6, 6.07) is 8.97. The largest absolute Gasteiger partial charge is 2.00 e. The van der Waals surface area contributed by atoms with Gasteiger partial charge in [0, 0.05) is 22.3 Å². The average molecular weight is 432 g/mol. The van der Waals surface area contributed by atoms with E-state index in [1.54, 1.807) is 12.1 Å². The number of ketones is 1. The summed E-state index contributed by atoms with van der Waals surface area (Å²) in [5.74, 6) is -1.65. The molecule has 1 amide bonds. The molecule has 0 aliphatic rings. The zero-order chi connectivity index (χ0) is 20.1. The first-order chi connectivity index (χ1) is 12.8. The molecule has 0 bridgehead atoms. The van der Waals surface area contributed by atoms with Crippen molar-refractivity contribution in [3.8, 4) is 0 Å². The first-order valence-corrected chi connectivity index (χ1v) is 7.41. The number of rotatable bonds is 3. The van der Waals surface area contributed by atoms with E-state index in [9.17, 15) is 19.2 Å². The summed E-state index contributed by atoms with van der Waals surface area (Å²) in [5.41, 5.74) is 17.3. The van der Waals surface area contributed by atoms with Crippen LogP contribution in [0, 0.1) is 5.41 Å². The van der Waals surface area contributed by atoms with Crippen molar-refractivity contribution in [2.75, 3.05) is 11.5 Å². The minimum absolute atomic E-state index is 0. The fourth-order valence-corrected chi connectivity index (χ4v) is 2.33.